The van der Waals surface area contributed by atoms with E-state index in [1.807, 2.05) is 6.07 Å². The van der Waals surface area contributed by atoms with E-state index in [1.54, 1.807) is 6.20 Å². The molecule has 2 aromatic heterocycles. The van der Waals surface area contributed by atoms with Gasteiger partial charge in [0.05, 0.1) is 33.7 Å². The average Bonchev–Trinajstić information content (AvgIpc) is 3.46. The molecule has 5 rings (SSSR count). The normalized spacial score (nSPS) is 17.0. The number of fused-ring (bicyclic) bond motifs is 1. The Balaban J connectivity index is 1.14. The van der Waals surface area contributed by atoms with Gasteiger partial charge in [-0.2, -0.15) is 5.26 Å². The predicted molar refractivity (Wildman–Crippen MR) is 167 cm³/mol. The number of halogens is 1. The first-order valence-corrected chi connectivity index (χ1v) is 15.9. The summed E-state index contributed by atoms with van der Waals surface area (Å²) >= 11 is 6.42. The smallest absolute Gasteiger partial charge is 0.160 e. The van der Waals surface area contributed by atoms with Crippen LogP contribution in [0.3, 0.4) is 0 Å². The van der Waals surface area contributed by atoms with E-state index in [4.69, 9.17) is 26.1 Å². The number of unbranched alkanes of at least 4 members (excludes halogenated alkanes) is 2. The molecule has 0 atom stereocenters. The Bertz CT molecular complexity index is 1280. The monoisotopic (exact) mass is 577 g/mol. The number of H-pyrrole nitrogens is 1. The highest BCUT2D eigenvalue weighted by molar-refractivity contribution is 6.36. The van der Waals surface area contributed by atoms with Crippen molar-refractivity contribution in [2.75, 3.05) is 49.2 Å². The largest absolute Gasteiger partial charge is 0.370 e. The average molecular weight is 578 g/mol. The van der Waals surface area contributed by atoms with Gasteiger partial charge < -0.3 is 24.3 Å². The molecule has 1 aromatic carbocycles. The van der Waals surface area contributed by atoms with Crippen LogP contribution in [0.25, 0.3) is 10.9 Å². The van der Waals surface area contributed by atoms with Crippen molar-refractivity contribution in [2.24, 2.45) is 5.92 Å². The molecule has 8 heteroatoms. The van der Waals surface area contributed by atoms with Crippen LogP contribution >= 0.6 is 11.6 Å². The van der Waals surface area contributed by atoms with Gasteiger partial charge in [0, 0.05) is 68.5 Å². The highest BCUT2D eigenvalue weighted by Crippen LogP contribution is 2.37. The molecule has 4 heterocycles. The van der Waals surface area contributed by atoms with Crippen LogP contribution in [0.15, 0.2) is 36.7 Å². The molecule has 2 aliphatic rings. The second kappa shape index (κ2) is 14.4. The van der Waals surface area contributed by atoms with Crippen LogP contribution in [0.2, 0.25) is 5.02 Å². The summed E-state index contributed by atoms with van der Waals surface area (Å²) in [7, 11) is 0. The topological polar surface area (TPSA) is 77.4 Å². The quantitative estimate of drug-likeness (QED) is 0.176. The first kappa shape index (κ1) is 29.7. The fourth-order valence-corrected chi connectivity index (χ4v) is 6.48. The van der Waals surface area contributed by atoms with Crippen molar-refractivity contribution in [2.45, 2.75) is 77.4 Å². The molecule has 7 nitrogen and oxygen atoms in total. The number of anilines is 2. The molecule has 41 heavy (non-hydrogen) atoms. The van der Waals surface area contributed by atoms with Crippen LogP contribution in [0.1, 0.15) is 82.4 Å². The van der Waals surface area contributed by atoms with Gasteiger partial charge in [-0.15, -0.1) is 0 Å². The Hall–Kier alpha value is -2.79. The van der Waals surface area contributed by atoms with E-state index in [0.717, 1.165) is 107 Å². The van der Waals surface area contributed by atoms with Crippen molar-refractivity contribution in [3.05, 3.63) is 52.9 Å². The summed E-state index contributed by atoms with van der Waals surface area (Å²) in [5.74, 6) is 0.908. The van der Waals surface area contributed by atoms with Crippen LogP contribution in [0.5, 0.6) is 0 Å². The highest BCUT2D eigenvalue weighted by Gasteiger charge is 2.29. The minimum absolute atomic E-state index is 0.0732. The first-order valence-electron chi connectivity index (χ1n) is 15.5. The van der Waals surface area contributed by atoms with E-state index < -0.39 is 0 Å². The molecule has 2 aliphatic heterocycles. The number of nitrogens with zero attached hydrogens (tertiary/aromatic N) is 4. The zero-order valence-corrected chi connectivity index (χ0v) is 25.3. The number of aromatic nitrogens is 2. The van der Waals surface area contributed by atoms with Gasteiger partial charge >= 0.3 is 0 Å². The molecule has 0 bridgehead atoms. The maximum atomic E-state index is 9.46. The van der Waals surface area contributed by atoms with E-state index in [2.05, 4.69) is 59.1 Å². The van der Waals surface area contributed by atoms with Gasteiger partial charge in [-0.25, -0.2) is 0 Å². The molecule has 0 saturated carbocycles. The molecule has 3 aromatic rings. The number of nitrogens with one attached hydrogen (secondary N) is 1. The van der Waals surface area contributed by atoms with Crippen molar-refractivity contribution in [3.8, 4) is 6.07 Å². The Labute approximate surface area is 249 Å². The number of nitriles is 1. The molecular weight excluding hydrogens is 534 g/mol. The number of rotatable bonds is 12. The van der Waals surface area contributed by atoms with E-state index in [1.165, 1.54) is 11.4 Å². The summed E-state index contributed by atoms with van der Waals surface area (Å²) in [4.78, 5) is 13.1. The minimum atomic E-state index is -0.0732. The minimum Gasteiger partial charge on any atom is -0.370 e. The Morgan fingerprint density at radius 1 is 0.976 bits per heavy atom. The molecule has 0 amide bonds. The Morgan fingerprint density at radius 2 is 1.66 bits per heavy atom. The Kier molecular flexibility index (Phi) is 10.4. The van der Waals surface area contributed by atoms with Crippen molar-refractivity contribution < 1.29 is 9.47 Å². The number of piperidine rings is 2. The summed E-state index contributed by atoms with van der Waals surface area (Å²) in [5, 5.41) is 10.9. The molecule has 0 radical (unpaired) electrons. The third-order valence-corrected chi connectivity index (χ3v) is 9.07. The van der Waals surface area contributed by atoms with Gasteiger partial charge in [0.1, 0.15) is 6.07 Å². The van der Waals surface area contributed by atoms with Gasteiger partial charge in [0.15, 0.2) is 6.29 Å². The number of benzene rings is 1. The third kappa shape index (κ3) is 6.99. The lowest BCUT2D eigenvalue weighted by molar-refractivity contribution is -0.177. The standard InChI is InChI=1S/C33H44ClN5O2/c1-3-5-19-40-33(41-20-6-4-2)25-13-15-38(16-14-25)27-7-9-29(36-23-27)24-11-17-39(18-12-24)30-10-8-28(34)31-26(21-35)22-37-32(30)31/h7-10,22-25,33,37H,3-6,11-20H2,1-2H3. The van der Waals surface area contributed by atoms with Crippen LogP contribution < -0.4 is 9.80 Å². The van der Waals surface area contributed by atoms with Gasteiger partial charge in [-0.1, -0.05) is 38.3 Å². The molecule has 2 saturated heterocycles. The van der Waals surface area contributed by atoms with Crippen LogP contribution in [0, 0.1) is 17.2 Å². The van der Waals surface area contributed by atoms with Crippen molar-refractivity contribution >= 4 is 33.9 Å². The van der Waals surface area contributed by atoms with Gasteiger partial charge in [-0.05, 0) is 62.8 Å². The lowest BCUT2D eigenvalue weighted by Gasteiger charge is -2.37. The summed E-state index contributed by atoms with van der Waals surface area (Å²) in [6, 6.07) is 10.7. The van der Waals surface area contributed by atoms with Crippen LogP contribution in [-0.4, -0.2) is 55.7 Å². The fourth-order valence-electron chi connectivity index (χ4n) is 6.22. The number of hydrogen-bond donors (Lipinski definition) is 1. The zero-order chi connectivity index (χ0) is 28.6. The second-order valence-electron chi connectivity index (χ2n) is 11.5. The maximum absolute atomic E-state index is 9.46. The maximum Gasteiger partial charge on any atom is 0.160 e. The summed E-state index contributed by atoms with van der Waals surface area (Å²) < 4.78 is 12.4. The Morgan fingerprint density at radius 3 is 2.27 bits per heavy atom. The zero-order valence-electron chi connectivity index (χ0n) is 24.6. The van der Waals surface area contributed by atoms with Crippen LogP contribution in [0.4, 0.5) is 11.4 Å². The van der Waals surface area contributed by atoms with Crippen molar-refractivity contribution in [3.63, 3.8) is 0 Å². The molecular formula is C33H44ClN5O2. The molecule has 0 aliphatic carbocycles. The number of ether oxygens (including phenoxy) is 2. The van der Waals surface area contributed by atoms with Gasteiger partial charge in [0.25, 0.3) is 0 Å². The molecule has 1 N–H and O–H groups in total. The van der Waals surface area contributed by atoms with E-state index in [0.29, 0.717) is 22.4 Å². The lowest BCUT2D eigenvalue weighted by atomic mass is 9.92. The second-order valence-corrected chi connectivity index (χ2v) is 11.9. The van der Waals surface area contributed by atoms with E-state index in [9.17, 15) is 5.26 Å². The van der Waals surface area contributed by atoms with Gasteiger partial charge in [0.2, 0.25) is 0 Å². The van der Waals surface area contributed by atoms with Crippen molar-refractivity contribution in [1.29, 1.82) is 5.26 Å². The summed E-state index contributed by atoms with van der Waals surface area (Å²) in [6.07, 6.45) is 12.5. The summed E-state index contributed by atoms with van der Waals surface area (Å²) in [5.41, 5.74) is 5.05. The summed E-state index contributed by atoms with van der Waals surface area (Å²) in [6.45, 7) is 9.89. The van der Waals surface area contributed by atoms with Gasteiger partial charge in [-0.3, -0.25) is 4.98 Å². The lowest BCUT2D eigenvalue weighted by Crippen LogP contribution is -2.40. The van der Waals surface area contributed by atoms with Crippen molar-refractivity contribution in [1.82, 2.24) is 9.97 Å². The van der Waals surface area contributed by atoms with E-state index >= 15 is 0 Å². The molecule has 0 spiro atoms. The number of aromatic amines is 1. The molecule has 220 valence electrons. The fraction of sp³-hybridized carbons (Fsp3) is 0.576. The van der Waals surface area contributed by atoms with Crippen LogP contribution in [-0.2, 0) is 9.47 Å². The number of hydrogen-bond acceptors (Lipinski definition) is 6. The molecule has 0 unspecified atom stereocenters. The highest BCUT2D eigenvalue weighted by atomic mass is 35.5. The molecule has 2 fully saturated rings. The third-order valence-electron chi connectivity index (χ3n) is 8.76. The SMILES string of the molecule is CCCCOC(OCCCC)C1CCN(c2ccc(C3CCN(c4ccc(Cl)c5c(C#N)c[nH]c45)CC3)nc2)CC1. The number of pyridine rings is 1. The first-order chi connectivity index (χ1) is 20.1. The predicted octanol–water partition coefficient (Wildman–Crippen LogP) is 7.65. The van der Waals surface area contributed by atoms with E-state index in [-0.39, 0.29) is 6.29 Å².